The van der Waals surface area contributed by atoms with Gasteiger partial charge in [0.1, 0.15) is 5.69 Å². The van der Waals surface area contributed by atoms with E-state index in [0.717, 1.165) is 41.1 Å². The Morgan fingerprint density at radius 2 is 2.08 bits per heavy atom. The SMILES string of the molecule is O=C1NCC(CCCCNC(=O)c2cc3c(cn2)[nH]c2ccccc23)N1. The van der Waals surface area contributed by atoms with Gasteiger partial charge < -0.3 is 20.9 Å². The van der Waals surface area contributed by atoms with Crippen LogP contribution in [0.4, 0.5) is 4.79 Å². The quantitative estimate of drug-likeness (QED) is 0.513. The van der Waals surface area contributed by atoms with Crippen molar-refractivity contribution in [2.45, 2.75) is 25.3 Å². The Labute approximate surface area is 150 Å². The average molecular weight is 351 g/mol. The molecule has 2 aromatic heterocycles. The number of benzene rings is 1. The van der Waals surface area contributed by atoms with Crippen molar-refractivity contribution < 1.29 is 9.59 Å². The summed E-state index contributed by atoms with van der Waals surface area (Å²) in [5, 5.41) is 10.6. The molecule has 1 fully saturated rings. The maximum Gasteiger partial charge on any atom is 0.315 e. The number of pyridine rings is 1. The van der Waals surface area contributed by atoms with Crippen molar-refractivity contribution in [3.8, 4) is 0 Å². The van der Waals surface area contributed by atoms with Crippen LogP contribution in [0.3, 0.4) is 0 Å². The molecule has 7 heteroatoms. The molecular formula is C19H21N5O2. The highest BCUT2D eigenvalue weighted by atomic mass is 16.2. The van der Waals surface area contributed by atoms with Crippen LogP contribution in [0.2, 0.25) is 0 Å². The van der Waals surface area contributed by atoms with E-state index in [-0.39, 0.29) is 18.0 Å². The number of unbranched alkanes of at least 4 members (excludes halogenated alkanes) is 1. The zero-order valence-electron chi connectivity index (χ0n) is 14.3. The maximum atomic E-state index is 12.4. The Morgan fingerprint density at radius 3 is 2.92 bits per heavy atom. The minimum absolute atomic E-state index is 0.0953. The lowest BCUT2D eigenvalue weighted by Gasteiger charge is -2.08. The standard InChI is InChI=1S/C19H21N5O2/c25-18(20-8-4-3-5-12-10-22-19(26)23-12)16-9-14-13-6-1-2-7-15(13)24-17(14)11-21-16/h1-2,6-7,9,11-12,24H,3-5,8,10H2,(H,20,25)(H2,22,23,26). The van der Waals surface area contributed by atoms with Crippen LogP contribution < -0.4 is 16.0 Å². The molecule has 1 unspecified atom stereocenters. The average Bonchev–Trinajstić information content (AvgIpc) is 3.23. The van der Waals surface area contributed by atoms with Crippen molar-refractivity contribution in [1.29, 1.82) is 0 Å². The Balaban J connectivity index is 1.33. The van der Waals surface area contributed by atoms with Gasteiger partial charge in [0, 0.05) is 35.4 Å². The fraction of sp³-hybridized carbons (Fsp3) is 0.316. The summed E-state index contributed by atoms with van der Waals surface area (Å²) >= 11 is 0. The number of hydrogen-bond donors (Lipinski definition) is 4. The van der Waals surface area contributed by atoms with Gasteiger partial charge in [0.25, 0.3) is 5.91 Å². The largest absolute Gasteiger partial charge is 0.353 e. The number of urea groups is 1. The summed E-state index contributed by atoms with van der Waals surface area (Å²) in [4.78, 5) is 31.0. The van der Waals surface area contributed by atoms with E-state index in [1.54, 1.807) is 6.20 Å². The number of carbonyl (C=O) groups excluding carboxylic acids is 2. The van der Waals surface area contributed by atoms with Gasteiger partial charge in [-0.1, -0.05) is 18.2 Å². The highest BCUT2D eigenvalue weighted by Crippen LogP contribution is 2.24. The lowest BCUT2D eigenvalue weighted by molar-refractivity contribution is 0.0948. The first-order chi connectivity index (χ1) is 12.7. The molecule has 3 aromatic rings. The molecule has 26 heavy (non-hydrogen) atoms. The first kappa shape index (κ1) is 16.4. The van der Waals surface area contributed by atoms with Gasteiger partial charge in [0.2, 0.25) is 0 Å². The molecule has 0 aliphatic carbocycles. The first-order valence-electron chi connectivity index (χ1n) is 8.90. The van der Waals surface area contributed by atoms with E-state index in [9.17, 15) is 9.59 Å². The minimum Gasteiger partial charge on any atom is -0.353 e. The number of nitrogens with zero attached hydrogens (tertiary/aromatic N) is 1. The lowest BCUT2D eigenvalue weighted by atomic mass is 10.1. The molecule has 3 heterocycles. The van der Waals surface area contributed by atoms with Crippen LogP contribution in [0.5, 0.6) is 0 Å². The predicted molar refractivity (Wildman–Crippen MR) is 100 cm³/mol. The van der Waals surface area contributed by atoms with Gasteiger partial charge in [0.05, 0.1) is 11.7 Å². The van der Waals surface area contributed by atoms with Crippen LogP contribution >= 0.6 is 0 Å². The van der Waals surface area contributed by atoms with Crippen molar-refractivity contribution in [2.24, 2.45) is 0 Å². The summed E-state index contributed by atoms with van der Waals surface area (Å²) in [5.41, 5.74) is 2.39. The van der Waals surface area contributed by atoms with Gasteiger partial charge in [-0.05, 0) is 31.4 Å². The zero-order chi connectivity index (χ0) is 17.9. The number of nitrogens with one attached hydrogen (secondary N) is 4. The molecule has 7 nitrogen and oxygen atoms in total. The number of rotatable bonds is 6. The second-order valence-corrected chi connectivity index (χ2v) is 6.59. The van der Waals surface area contributed by atoms with Crippen molar-refractivity contribution >= 4 is 33.7 Å². The monoisotopic (exact) mass is 351 g/mol. The first-order valence-corrected chi connectivity index (χ1v) is 8.90. The molecule has 0 bridgehead atoms. The van der Waals surface area contributed by atoms with E-state index in [2.05, 4.69) is 25.9 Å². The van der Waals surface area contributed by atoms with E-state index in [1.807, 2.05) is 30.3 Å². The number of aromatic nitrogens is 2. The number of aromatic amines is 1. The Morgan fingerprint density at radius 1 is 1.19 bits per heavy atom. The summed E-state index contributed by atoms with van der Waals surface area (Å²) in [6, 6.07) is 9.95. The highest BCUT2D eigenvalue weighted by molar-refractivity contribution is 6.09. The van der Waals surface area contributed by atoms with E-state index in [1.165, 1.54) is 0 Å². The molecule has 0 radical (unpaired) electrons. The van der Waals surface area contributed by atoms with Gasteiger partial charge in [-0.3, -0.25) is 4.79 Å². The molecule has 1 saturated heterocycles. The number of amides is 3. The van der Waals surface area contributed by atoms with Crippen molar-refractivity contribution in [3.05, 3.63) is 42.2 Å². The van der Waals surface area contributed by atoms with Crippen molar-refractivity contribution in [2.75, 3.05) is 13.1 Å². The van der Waals surface area contributed by atoms with Crippen molar-refractivity contribution in [3.63, 3.8) is 0 Å². The lowest BCUT2D eigenvalue weighted by Crippen LogP contribution is -2.27. The van der Waals surface area contributed by atoms with E-state index in [4.69, 9.17) is 0 Å². The summed E-state index contributed by atoms with van der Waals surface area (Å²) in [7, 11) is 0. The van der Waals surface area contributed by atoms with Gasteiger partial charge in [-0.25, -0.2) is 9.78 Å². The highest BCUT2D eigenvalue weighted by Gasteiger charge is 2.18. The van der Waals surface area contributed by atoms with Crippen LogP contribution in [0.1, 0.15) is 29.8 Å². The summed E-state index contributed by atoms with van der Waals surface area (Å²) in [5.74, 6) is -0.159. The number of carbonyl (C=O) groups is 2. The Bertz CT molecular complexity index is 965. The third-order valence-electron chi connectivity index (χ3n) is 4.73. The number of H-pyrrole nitrogens is 1. The van der Waals surface area contributed by atoms with Crippen LogP contribution in [-0.2, 0) is 0 Å². The van der Waals surface area contributed by atoms with E-state index < -0.39 is 0 Å². The second kappa shape index (κ2) is 7.03. The fourth-order valence-electron chi connectivity index (χ4n) is 3.36. The fourth-order valence-corrected chi connectivity index (χ4v) is 3.36. The topological polar surface area (TPSA) is 98.9 Å². The minimum atomic E-state index is -0.159. The van der Waals surface area contributed by atoms with Crippen molar-refractivity contribution in [1.82, 2.24) is 25.9 Å². The molecule has 0 saturated carbocycles. The second-order valence-electron chi connectivity index (χ2n) is 6.59. The predicted octanol–water partition coefficient (Wildman–Crippen LogP) is 2.30. The normalized spacial score (nSPS) is 16.6. The van der Waals surface area contributed by atoms with Gasteiger partial charge in [-0.2, -0.15) is 0 Å². The van der Waals surface area contributed by atoms with Gasteiger partial charge >= 0.3 is 6.03 Å². The summed E-state index contributed by atoms with van der Waals surface area (Å²) in [6.07, 6.45) is 4.43. The Hall–Kier alpha value is -3.09. The Kier molecular flexibility index (Phi) is 4.43. The molecule has 4 N–H and O–H groups in total. The molecule has 4 rings (SSSR count). The zero-order valence-corrected chi connectivity index (χ0v) is 14.3. The molecule has 0 spiro atoms. The molecule has 1 atom stereocenters. The molecule has 134 valence electrons. The summed E-state index contributed by atoms with van der Waals surface area (Å²) in [6.45, 7) is 1.28. The molecule has 1 aromatic carbocycles. The number of para-hydroxylation sites is 1. The molecule has 3 amide bonds. The van der Waals surface area contributed by atoms with Crippen LogP contribution in [-0.4, -0.2) is 41.0 Å². The van der Waals surface area contributed by atoms with Crippen LogP contribution in [0, 0.1) is 0 Å². The van der Waals surface area contributed by atoms with Gasteiger partial charge in [0.15, 0.2) is 0 Å². The van der Waals surface area contributed by atoms with Crippen LogP contribution in [0.25, 0.3) is 21.8 Å². The summed E-state index contributed by atoms with van der Waals surface area (Å²) < 4.78 is 0. The van der Waals surface area contributed by atoms with E-state index in [0.29, 0.717) is 18.8 Å². The van der Waals surface area contributed by atoms with E-state index >= 15 is 0 Å². The third kappa shape index (κ3) is 3.33. The van der Waals surface area contributed by atoms with Crippen LogP contribution in [0.15, 0.2) is 36.5 Å². The maximum absolute atomic E-state index is 12.4. The number of hydrogen-bond acceptors (Lipinski definition) is 3. The smallest absolute Gasteiger partial charge is 0.315 e. The number of fused-ring (bicyclic) bond motifs is 3. The third-order valence-corrected chi connectivity index (χ3v) is 4.73. The molecular weight excluding hydrogens is 330 g/mol. The van der Waals surface area contributed by atoms with Gasteiger partial charge in [-0.15, -0.1) is 0 Å². The molecule has 1 aliphatic rings. The molecule has 1 aliphatic heterocycles.